The molecule has 0 aromatic rings. The molecule has 1 fully saturated rings. The summed E-state index contributed by atoms with van der Waals surface area (Å²) < 4.78 is 0. The van der Waals surface area contributed by atoms with Crippen LogP contribution in [-0.2, 0) is 4.79 Å². The molecule has 1 aliphatic rings. The summed E-state index contributed by atoms with van der Waals surface area (Å²) in [5.74, 6) is -0.509. The number of hydrogen-bond donors (Lipinski definition) is 1. The first-order valence-corrected chi connectivity index (χ1v) is 4.80. The van der Waals surface area contributed by atoms with Gasteiger partial charge < -0.3 is 5.11 Å². The molecule has 0 saturated heterocycles. The molecule has 1 rings (SSSR count). The van der Waals surface area contributed by atoms with Gasteiger partial charge in [-0.15, -0.1) is 0 Å². The standard InChI is InChI=1S/C11H18O2/c1-8-4-5-11(2,3)7-9(8)6-10(12)13/h9H,1,4-7H2,2-3H3,(H,12,13). The van der Waals surface area contributed by atoms with E-state index in [-0.39, 0.29) is 12.3 Å². The second kappa shape index (κ2) is 3.52. The van der Waals surface area contributed by atoms with Gasteiger partial charge >= 0.3 is 5.97 Å². The summed E-state index contributed by atoms with van der Waals surface area (Å²) in [7, 11) is 0. The van der Waals surface area contributed by atoms with Gasteiger partial charge in [0.15, 0.2) is 0 Å². The molecule has 0 amide bonds. The monoisotopic (exact) mass is 182 g/mol. The molecule has 0 radical (unpaired) electrons. The van der Waals surface area contributed by atoms with Gasteiger partial charge in [0.05, 0.1) is 6.42 Å². The molecule has 0 heterocycles. The van der Waals surface area contributed by atoms with Crippen LogP contribution >= 0.6 is 0 Å². The summed E-state index contributed by atoms with van der Waals surface area (Å²) in [6.45, 7) is 8.36. The first-order valence-electron chi connectivity index (χ1n) is 4.80. The van der Waals surface area contributed by atoms with Gasteiger partial charge in [-0.3, -0.25) is 4.79 Å². The smallest absolute Gasteiger partial charge is 0.303 e. The van der Waals surface area contributed by atoms with E-state index in [2.05, 4.69) is 20.4 Å². The maximum absolute atomic E-state index is 10.6. The van der Waals surface area contributed by atoms with Gasteiger partial charge in [0, 0.05) is 0 Å². The maximum Gasteiger partial charge on any atom is 0.303 e. The van der Waals surface area contributed by atoms with Crippen LogP contribution in [0.4, 0.5) is 0 Å². The molecule has 13 heavy (non-hydrogen) atoms. The fourth-order valence-corrected chi connectivity index (χ4v) is 2.04. The molecule has 0 aromatic heterocycles. The third-order valence-corrected chi connectivity index (χ3v) is 2.92. The van der Waals surface area contributed by atoms with Crippen LogP contribution in [0.15, 0.2) is 12.2 Å². The second-order valence-corrected chi connectivity index (χ2v) is 4.82. The van der Waals surface area contributed by atoms with Crippen molar-refractivity contribution in [2.24, 2.45) is 11.3 Å². The predicted molar refractivity (Wildman–Crippen MR) is 52.5 cm³/mol. The van der Waals surface area contributed by atoms with Crippen molar-refractivity contribution in [1.82, 2.24) is 0 Å². The average Bonchev–Trinajstić information content (AvgIpc) is 1.95. The van der Waals surface area contributed by atoms with Crippen LogP contribution in [0.2, 0.25) is 0 Å². The van der Waals surface area contributed by atoms with Crippen LogP contribution in [0.25, 0.3) is 0 Å². The topological polar surface area (TPSA) is 37.3 Å². The Bertz CT molecular complexity index is 228. The van der Waals surface area contributed by atoms with Crippen molar-refractivity contribution >= 4 is 5.97 Å². The Morgan fingerprint density at radius 1 is 1.69 bits per heavy atom. The molecule has 0 aliphatic heterocycles. The molecular weight excluding hydrogens is 164 g/mol. The largest absolute Gasteiger partial charge is 0.481 e. The second-order valence-electron chi connectivity index (χ2n) is 4.82. The summed E-state index contributed by atoms with van der Waals surface area (Å²) in [6, 6.07) is 0. The number of allylic oxidation sites excluding steroid dienone is 1. The molecule has 2 heteroatoms. The zero-order valence-electron chi connectivity index (χ0n) is 8.47. The van der Waals surface area contributed by atoms with E-state index in [4.69, 9.17) is 5.11 Å². The highest BCUT2D eigenvalue weighted by Gasteiger charge is 2.31. The van der Waals surface area contributed by atoms with E-state index in [1.54, 1.807) is 0 Å². The summed E-state index contributed by atoms with van der Waals surface area (Å²) in [4.78, 5) is 10.6. The molecule has 1 unspecified atom stereocenters. The molecular formula is C11H18O2. The lowest BCUT2D eigenvalue weighted by Crippen LogP contribution is -2.25. The lowest BCUT2D eigenvalue weighted by Gasteiger charge is -2.36. The number of aliphatic carboxylic acids is 1. The van der Waals surface area contributed by atoms with Crippen molar-refractivity contribution in [3.63, 3.8) is 0 Å². The maximum atomic E-state index is 10.6. The van der Waals surface area contributed by atoms with Crippen molar-refractivity contribution in [3.05, 3.63) is 12.2 Å². The quantitative estimate of drug-likeness (QED) is 0.667. The van der Waals surface area contributed by atoms with Crippen LogP contribution in [0.5, 0.6) is 0 Å². The summed E-state index contributed by atoms with van der Waals surface area (Å²) in [5, 5.41) is 8.71. The third kappa shape index (κ3) is 2.87. The number of carboxylic acid groups (broad SMARTS) is 1. The highest BCUT2D eigenvalue weighted by molar-refractivity contribution is 5.67. The van der Waals surface area contributed by atoms with Crippen molar-refractivity contribution in [3.8, 4) is 0 Å². The summed E-state index contributed by atoms with van der Waals surface area (Å²) in [6.07, 6.45) is 3.35. The zero-order valence-corrected chi connectivity index (χ0v) is 8.47. The first-order chi connectivity index (χ1) is 5.91. The highest BCUT2D eigenvalue weighted by atomic mass is 16.4. The Morgan fingerprint density at radius 3 is 2.85 bits per heavy atom. The van der Waals surface area contributed by atoms with E-state index in [0.717, 1.165) is 24.8 Å². The molecule has 0 aromatic carbocycles. The first kappa shape index (κ1) is 10.3. The minimum Gasteiger partial charge on any atom is -0.481 e. The lowest BCUT2D eigenvalue weighted by molar-refractivity contribution is -0.138. The van der Waals surface area contributed by atoms with Crippen molar-refractivity contribution in [2.75, 3.05) is 0 Å². The Morgan fingerprint density at radius 2 is 2.31 bits per heavy atom. The Balaban J connectivity index is 2.60. The number of carbonyl (C=O) groups is 1. The Labute approximate surface area is 79.6 Å². The van der Waals surface area contributed by atoms with Gasteiger partial charge in [0.25, 0.3) is 0 Å². The van der Waals surface area contributed by atoms with Gasteiger partial charge in [0.2, 0.25) is 0 Å². The van der Waals surface area contributed by atoms with Crippen molar-refractivity contribution < 1.29 is 9.90 Å². The average molecular weight is 182 g/mol. The molecule has 0 spiro atoms. The molecule has 0 bridgehead atoms. The number of hydrogen-bond acceptors (Lipinski definition) is 1. The van der Waals surface area contributed by atoms with Gasteiger partial charge in [-0.1, -0.05) is 26.0 Å². The molecule has 1 saturated carbocycles. The molecule has 74 valence electrons. The lowest BCUT2D eigenvalue weighted by atomic mass is 9.69. The van der Waals surface area contributed by atoms with Gasteiger partial charge in [-0.25, -0.2) is 0 Å². The van der Waals surface area contributed by atoms with E-state index in [9.17, 15) is 4.79 Å². The minimum atomic E-state index is -0.705. The van der Waals surface area contributed by atoms with Crippen LogP contribution in [-0.4, -0.2) is 11.1 Å². The fraction of sp³-hybridized carbons (Fsp3) is 0.727. The zero-order chi connectivity index (χ0) is 10.1. The SMILES string of the molecule is C=C1CCC(C)(C)CC1CC(=O)O. The normalized spacial score (nSPS) is 27.2. The van der Waals surface area contributed by atoms with Gasteiger partial charge in [0.1, 0.15) is 0 Å². The number of rotatable bonds is 2. The van der Waals surface area contributed by atoms with Crippen LogP contribution in [0, 0.1) is 11.3 Å². The van der Waals surface area contributed by atoms with Gasteiger partial charge in [-0.05, 0) is 30.6 Å². The van der Waals surface area contributed by atoms with E-state index in [1.165, 1.54) is 0 Å². The van der Waals surface area contributed by atoms with Crippen LogP contribution in [0.1, 0.15) is 39.5 Å². The third-order valence-electron chi connectivity index (χ3n) is 2.92. The minimum absolute atomic E-state index is 0.196. The van der Waals surface area contributed by atoms with E-state index in [1.807, 2.05) is 0 Å². The molecule has 1 atom stereocenters. The van der Waals surface area contributed by atoms with Gasteiger partial charge in [-0.2, -0.15) is 0 Å². The van der Waals surface area contributed by atoms with Crippen molar-refractivity contribution in [2.45, 2.75) is 39.5 Å². The van der Waals surface area contributed by atoms with Crippen LogP contribution in [0.3, 0.4) is 0 Å². The summed E-state index contributed by atoms with van der Waals surface area (Å²) >= 11 is 0. The van der Waals surface area contributed by atoms with E-state index < -0.39 is 5.97 Å². The fourth-order valence-electron chi connectivity index (χ4n) is 2.04. The Kier molecular flexibility index (Phi) is 2.79. The molecule has 1 aliphatic carbocycles. The molecule has 2 nitrogen and oxygen atoms in total. The van der Waals surface area contributed by atoms with E-state index >= 15 is 0 Å². The van der Waals surface area contributed by atoms with Crippen LogP contribution < -0.4 is 0 Å². The van der Waals surface area contributed by atoms with Crippen molar-refractivity contribution in [1.29, 1.82) is 0 Å². The Hall–Kier alpha value is -0.790. The predicted octanol–water partition coefficient (Wildman–Crippen LogP) is 2.84. The summed E-state index contributed by atoms with van der Waals surface area (Å²) in [5.41, 5.74) is 1.42. The number of carboxylic acids is 1. The highest BCUT2D eigenvalue weighted by Crippen LogP contribution is 2.42. The molecule has 1 N–H and O–H groups in total. The van der Waals surface area contributed by atoms with E-state index in [0.29, 0.717) is 5.41 Å².